The van der Waals surface area contributed by atoms with Crippen LogP contribution in [0.5, 0.6) is 5.75 Å². The van der Waals surface area contributed by atoms with Crippen molar-refractivity contribution in [3.63, 3.8) is 0 Å². The van der Waals surface area contributed by atoms with Crippen LogP contribution in [-0.2, 0) is 32.0 Å². The van der Waals surface area contributed by atoms with E-state index in [-0.39, 0.29) is 30.4 Å². The predicted octanol–water partition coefficient (Wildman–Crippen LogP) is 1.36. The molecule has 2 rings (SSSR count). The average Bonchev–Trinajstić information content (AvgIpc) is 2.86. The van der Waals surface area contributed by atoms with Gasteiger partial charge in [-0.25, -0.2) is 4.79 Å². The highest BCUT2D eigenvalue weighted by molar-refractivity contribution is 5.94. The molecule has 0 bridgehead atoms. The van der Waals surface area contributed by atoms with E-state index in [1.807, 2.05) is 6.07 Å². The summed E-state index contributed by atoms with van der Waals surface area (Å²) >= 11 is 0. The van der Waals surface area contributed by atoms with Crippen LogP contribution in [0.4, 0.5) is 0 Å². The molecular formula is C28H38N4O6. The molecule has 0 spiro atoms. The van der Waals surface area contributed by atoms with Gasteiger partial charge in [0.1, 0.15) is 23.9 Å². The fraction of sp³-hybridized carbons (Fsp3) is 0.429. The van der Waals surface area contributed by atoms with Gasteiger partial charge in [-0.3, -0.25) is 14.4 Å². The van der Waals surface area contributed by atoms with Crippen molar-refractivity contribution in [3.8, 4) is 5.75 Å². The van der Waals surface area contributed by atoms with E-state index in [1.54, 1.807) is 64.1 Å². The SMILES string of the molecule is CC(C)C(NC(=O)C(N)Cc1ccc(O)cc1)C(=O)NC(C(=O)NC(Cc1ccccc1)C(=O)O)C(C)C. The van der Waals surface area contributed by atoms with Gasteiger partial charge in [-0.1, -0.05) is 70.2 Å². The number of amides is 3. The van der Waals surface area contributed by atoms with Crippen molar-refractivity contribution < 1.29 is 29.4 Å². The van der Waals surface area contributed by atoms with E-state index in [0.717, 1.165) is 11.1 Å². The van der Waals surface area contributed by atoms with Crippen molar-refractivity contribution in [2.45, 2.75) is 64.7 Å². The minimum Gasteiger partial charge on any atom is -0.508 e. The largest absolute Gasteiger partial charge is 0.508 e. The smallest absolute Gasteiger partial charge is 0.326 e. The highest BCUT2D eigenvalue weighted by Gasteiger charge is 2.33. The lowest BCUT2D eigenvalue weighted by Crippen LogP contribution is -2.59. The molecule has 206 valence electrons. The Labute approximate surface area is 223 Å². The summed E-state index contributed by atoms with van der Waals surface area (Å²) in [5.74, 6) is -3.51. The lowest BCUT2D eigenvalue weighted by molar-refractivity contribution is -0.142. The second-order valence-corrected chi connectivity index (χ2v) is 10.0. The number of aliphatic carboxylic acids is 1. The molecule has 2 aromatic rings. The number of aromatic hydroxyl groups is 1. The first kappa shape index (κ1) is 30.3. The van der Waals surface area contributed by atoms with Crippen LogP contribution < -0.4 is 21.7 Å². The van der Waals surface area contributed by atoms with Crippen molar-refractivity contribution in [1.82, 2.24) is 16.0 Å². The Balaban J connectivity index is 2.06. The first-order valence-electron chi connectivity index (χ1n) is 12.6. The average molecular weight is 527 g/mol. The maximum absolute atomic E-state index is 13.2. The number of benzene rings is 2. The first-order chi connectivity index (χ1) is 17.9. The van der Waals surface area contributed by atoms with Gasteiger partial charge in [-0.15, -0.1) is 0 Å². The van der Waals surface area contributed by atoms with Gasteiger partial charge in [0.05, 0.1) is 6.04 Å². The van der Waals surface area contributed by atoms with Crippen molar-refractivity contribution >= 4 is 23.7 Å². The zero-order valence-electron chi connectivity index (χ0n) is 22.2. The van der Waals surface area contributed by atoms with Crippen molar-refractivity contribution in [2.75, 3.05) is 0 Å². The fourth-order valence-corrected chi connectivity index (χ4v) is 3.86. The summed E-state index contributed by atoms with van der Waals surface area (Å²) in [4.78, 5) is 50.8. The topological polar surface area (TPSA) is 171 Å². The molecule has 3 amide bonds. The van der Waals surface area contributed by atoms with Gasteiger partial charge in [-0.05, 0) is 41.5 Å². The number of carboxylic acids is 1. The molecule has 0 saturated carbocycles. The van der Waals surface area contributed by atoms with Crippen LogP contribution in [0.2, 0.25) is 0 Å². The molecule has 2 aromatic carbocycles. The third kappa shape index (κ3) is 9.19. The van der Waals surface area contributed by atoms with E-state index in [9.17, 15) is 29.4 Å². The zero-order chi connectivity index (χ0) is 28.4. The van der Waals surface area contributed by atoms with Crippen LogP contribution in [-0.4, -0.2) is 58.1 Å². The lowest BCUT2D eigenvalue weighted by atomic mass is 9.98. The van der Waals surface area contributed by atoms with Crippen LogP contribution in [0.3, 0.4) is 0 Å². The third-order valence-corrected chi connectivity index (χ3v) is 6.12. The maximum Gasteiger partial charge on any atom is 0.326 e. The summed E-state index contributed by atoms with van der Waals surface area (Å²) in [7, 11) is 0. The molecule has 10 heteroatoms. The van der Waals surface area contributed by atoms with Crippen LogP contribution in [0.15, 0.2) is 54.6 Å². The van der Waals surface area contributed by atoms with Crippen molar-refractivity contribution in [2.24, 2.45) is 17.6 Å². The van der Waals surface area contributed by atoms with E-state index in [2.05, 4.69) is 16.0 Å². The summed E-state index contributed by atoms with van der Waals surface area (Å²) in [5, 5.41) is 26.9. The van der Waals surface area contributed by atoms with Gasteiger partial charge >= 0.3 is 5.97 Å². The van der Waals surface area contributed by atoms with Gasteiger partial charge in [0, 0.05) is 6.42 Å². The summed E-state index contributed by atoms with van der Waals surface area (Å²) < 4.78 is 0. The number of phenolic OH excluding ortho intramolecular Hbond substituents is 1. The molecule has 4 atom stereocenters. The quantitative estimate of drug-likeness (QED) is 0.229. The summed E-state index contributed by atoms with van der Waals surface area (Å²) in [6, 6.07) is 11.1. The zero-order valence-corrected chi connectivity index (χ0v) is 22.2. The van der Waals surface area contributed by atoms with Crippen molar-refractivity contribution in [1.29, 1.82) is 0 Å². The monoisotopic (exact) mass is 526 g/mol. The van der Waals surface area contributed by atoms with Gasteiger partial charge in [-0.2, -0.15) is 0 Å². The van der Waals surface area contributed by atoms with Crippen molar-refractivity contribution in [3.05, 3.63) is 65.7 Å². The molecule has 0 aliphatic heterocycles. The molecule has 7 N–H and O–H groups in total. The van der Waals surface area contributed by atoms with E-state index in [1.165, 1.54) is 12.1 Å². The minimum absolute atomic E-state index is 0.0876. The number of carbonyl (C=O) groups excluding carboxylic acids is 3. The molecule has 0 heterocycles. The van der Waals surface area contributed by atoms with E-state index >= 15 is 0 Å². The second-order valence-electron chi connectivity index (χ2n) is 10.0. The van der Waals surface area contributed by atoms with Gasteiger partial charge < -0.3 is 31.9 Å². The Bertz CT molecular complexity index is 1090. The Morgan fingerprint density at radius 2 is 1.18 bits per heavy atom. The number of nitrogens with one attached hydrogen (secondary N) is 3. The molecule has 0 fully saturated rings. The molecule has 0 radical (unpaired) electrons. The standard InChI is InChI=1S/C28H38N4O6/c1-16(2)23(26(35)30-22(28(37)38)15-18-8-6-5-7-9-18)32-27(36)24(17(3)4)31-25(34)21(29)14-19-10-12-20(33)13-11-19/h5-13,16-17,21-24,33H,14-15,29H2,1-4H3,(H,30,35)(H,31,34)(H,32,36)(H,37,38). The predicted molar refractivity (Wildman–Crippen MR) is 143 cm³/mol. The molecule has 0 aliphatic carbocycles. The van der Waals surface area contributed by atoms with Gasteiger partial charge in [0.25, 0.3) is 0 Å². The summed E-state index contributed by atoms with van der Waals surface area (Å²) in [6.45, 7) is 6.96. The normalized spacial score (nSPS) is 14.3. The number of carboxylic acid groups (broad SMARTS) is 1. The number of hydrogen-bond donors (Lipinski definition) is 6. The number of nitrogens with two attached hydrogens (primary N) is 1. The Morgan fingerprint density at radius 1 is 0.711 bits per heavy atom. The molecule has 0 aromatic heterocycles. The Morgan fingerprint density at radius 3 is 1.68 bits per heavy atom. The molecule has 0 aliphatic rings. The van der Waals surface area contributed by atoms with E-state index in [0.29, 0.717) is 0 Å². The Hall–Kier alpha value is -3.92. The summed E-state index contributed by atoms with van der Waals surface area (Å²) in [5.41, 5.74) is 7.55. The highest BCUT2D eigenvalue weighted by atomic mass is 16.4. The fourth-order valence-electron chi connectivity index (χ4n) is 3.86. The third-order valence-electron chi connectivity index (χ3n) is 6.12. The minimum atomic E-state index is -1.19. The van der Waals surface area contributed by atoms with E-state index < -0.39 is 47.9 Å². The Kier molecular flexibility index (Phi) is 11.3. The van der Waals surface area contributed by atoms with Gasteiger partial charge in [0.2, 0.25) is 17.7 Å². The number of phenols is 1. The van der Waals surface area contributed by atoms with Gasteiger partial charge in [0.15, 0.2) is 0 Å². The highest BCUT2D eigenvalue weighted by Crippen LogP contribution is 2.12. The molecule has 10 nitrogen and oxygen atoms in total. The van der Waals surface area contributed by atoms with E-state index in [4.69, 9.17) is 5.73 Å². The van der Waals surface area contributed by atoms with Crippen LogP contribution in [0, 0.1) is 11.8 Å². The second kappa shape index (κ2) is 14.1. The van der Waals surface area contributed by atoms with Crippen LogP contribution >= 0.6 is 0 Å². The molecule has 38 heavy (non-hydrogen) atoms. The number of hydrogen-bond acceptors (Lipinski definition) is 6. The number of rotatable bonds is 13. The lowest BCUT2D eigenvalue weighted by Gasteiger charge is -2.28. The molecular weight excluding hydrogens is 488 g/mol. The molecule has 4 unspecified atom stereocenters. The number of carbonyl (C=O) groups is 4. The molecule has 0 saturated heterocycles. The summed E-state index contributed by atoms with van der Waals surface area (Å²) in [6.07, 6.45) is 0.290. The maximum atomic E-state index is 13.2. The van der Waals surface area contributed by atoms with Crippen LogP contribution in [0.1, 0.15) is 38.8 Å². The first-order valence-corrected chi connectivity index (χ1v) is 12.6. The van der Waals surface area contributed by atoms with Crippen LogP contribution in [0.25, 0.3) is 0 Å².